The van der Waals surface area contributed by atoms with Crippen molar-refractivity contribution < 1.29 is 13.2 Å². The molecule has 0 aliphatic heterocycles. The van der Waals surface area contributed by atoms with Crippen LogP contribution in [0.25, 0.3) is 0 Å². The van der Waals surface area contributed by atoms with Gasteiger partial charge in [-0.15, -0.1) is 0 Å². The molecule has 0 radical (unpaired) electrons. The fourth-order valence-corrected chi connectivity index (χ4v) is 3.27. The maximum Gasteiger partial charge on any atom is 0.446 e. The average Bonchev–Trinajstić information content (AvgIpc) is 2.37. The maximum atomic E-state index is 12.3. The molecule has 1 aliphatic carbocycles. The standard InChI is InChI=1S/C16H22F3NS/c17-16(18,19)21-15-10-8-13(9-11-15)12-20-14-6-4-2-1-3-5-7-14/h8-11,14,20H,1-7,12H2. The summed E-state index contributed by atoms with van der Waals surface area (Å²) in [7, 11) is 0. The molecule has 1 saturated carbocycles. The Morgan fingerprint density at radius 1 is 0.952 bits per heavy atom. The van der Waals surface area contributed by atoms with E-state index in [0.717, 1.165) is 12.1 Å². The largest absolute Gasteiger partial charge is 0.446 e. The zero-order chi connectivity index (χ0) is 15.1. The molecule has 0 heterocycles. The second kappa shape index (κ2) is 8.08. The minimum Gasteiger partial charge on any atom is -0.310 e. The molecule has 0 atom stereocenters. The van der Waals surface area contributed by atoms with Crippen molar-refractivity contribution >= 4 is 11.8 Å². The molecule has 5 heteroatoms. The van der Waals surface area contributed by atoms with E-state index in [-0.39, 0.29) is 16.7 Å². The molecular weight excluding hydrogens is 295 g/mol. The van der Waals surface area contributed by atoms with E-state index in [1.807, 2.05) is 0 Å². The Labute approximate surface area is 128 Å². The molecule has 0 amide bonds. The van der Waals surface area contributed by atoms with Crippen LogP contribution >= 0.6 is 11.8 Å². The minimum absolute atomic E-state index is 0.0597. The van der Waals surface area contributed by atoms with Gasteiger partial charge in [-0.2, -0.15) is 13.2 Å². The summed E-state index contributed by atoms with van der Waals surface area (Å²) in [4.78, 5) is 0.247. The van der Waals surface area contributed by atoms with Crippen molar-refractivity contribution in [3.05, 3.63) is 29.8 Å². The highest BCUT2D eigenvalue weighted by Gasteiger charge is 2.28. The van der Waals surface area contributed by atoms with Gasteiger partial charge in [-0.05, 0) is 42.3 Å². The van der Waals surface area contributed by atoms with Crippen molar-refractivity contribution in [2.45, 2.75) is 67.9 Å². The van der Waals surface area contributed by atoms with Gasteiger partial charge in [-0.25, -0.2) is 0 Å². The summed E-state index contributed by atoms with van der Waals surface area (Å²) in [6.45, 7) is 0.738. The summed E-state index contributed by atoms with van der Waals surface area (Å²) in [6, 6.07) is 7.21. The van der Waals surface area contributed by atoms with Gasteiger partial charge in [-0.1, -0.05) is 44.2 Å². The van der Waals surface area contributed by atoms with Gasteiger partial charge in [0.05, 0.1) is 0 Å². The Hall–Kier alpha value is -0.680. The van der Waals surface area contributed by atoms with Crippen LogP contribution in [0.4, 0.5) is 13.2 Å². The van der Waals surface area contributed by atoms with Crippen LogP contribution in [-0.4, -0.2) is 11.6 Å². The predicted octanol–water partition coefficient (Wildman–Crippen LogP) is 5.50. The first-order chi connectivity index (χ1) is 10.0. The molecular formula is C16H22F3NS. The van der Waals surface area contributed by atoms with Gasteiger partial charge in [0.25, 0.3) is 0 Å². The van der Waals surface area contributed by atoms with Gasteiger partial charge in [0.1, 0.15) is 0 Å². The molecule has 0 saturated heterocycles. The van der Waals surface area contributed by atoms with E-state index >= 15 is 0 Å². The van der Waals surface area contributed by atoms with Crippen molar-refractivity contribution in [2.24, 2.45) is 0 Å². The molecule has 1 fully saturated rings. The van der Waals surface area contributed by atoms with Crippen molar-refractivity contribution in [2.75, 3.05) is 0 Å². The third kappa shape index (κ3) is 6.74. The van der Waals surface area contributed by atoms with Crippen LogP contribution in [0.3, 0.4) is 0 Å². The number of hydrogen-bond donors (Lipinski definition) is 1. The van der Waals surface area contributed by atoms with Crippen LogP contribution in [0.15, 0.2) is 29.2 Å². The summed E-state index contributed by atoms with van der Waals surface area (Å²) < 4.78 is 36.8. The summed E-state index contributed by atoms with van der Waals surface area (Å²) in [5.74, 6) is 0. The molecule has 1 N–H and O–H groups in total. The van der Waals surface area contributed by atoms with Gasteiger partial charge in [-0.3, -0.25) is 0 Å². The van der Waals surface area contributed by atoms with Gasteiger partial charge in [0.15, 0.2) is 0 Å². The van der Waals surface area contributed by atoms with Crippen LogP contribution in [0.1, 0.15) is 50.5 Å². The van der Waals surface area contributed by atoms with Crippen molar-refractivity contribution in [3.63, 3.8) is 0 Å². The quantitative estimate of drug-likeness (QED) is 0.736. The summed E-state index contributed by atoms with van der Waals surface area (Å²) in [6.07, 6.45) is 8.97. The fraction of sp³-hybridized carbons (Fsp3) is 0.625. The normalized spacial score (nSPS) is 18.2. The third-order valence-electron chi connectivity index (χ3n) is 3.86. The molecule has 1 aliphatic rings. The monoisotopic (exact) mass is 317 g/mol. The van der Waals surface area contributed by atoms with E-state index < -0.39 is 5.51 Å². The number of hydrogen-bond acceptors (Lipinski definition) is 2. The van der Waals surface area contributed by atoms with Crippen LogP contribution < -0.4 is 5.32 Å². The molecule has 2 rings (SSSR count). The van der Waals surface area contributed by atoms with Crippen molar-refractivity contribution in [1.29, 1.82) is 0 Å². The number of halogens is 3. The molecule has 1 aromatic carbocycles. The van der Waals surface area contributed by atoms with E-state index in [4.69, 9.17) is 0 Å². The minimum atomic E-state index is -4.21. The van der Waals surface area contributed by atoms with Gasteiger partial charge >= 0.3 is 5.51 Å². The number of thioether (sulfide) groups is 1. The fourth-order valence-electron chi connectivity index (χ4n) is 2.73. The lowest BCUT2D eigenvalue weighted by atomic mass is 9.96. The van der Waals surface area contributed by atoms with Gasteiger partial charge in [0, 0.05) is 17.5 Å². The molecule has 1 nitrogen and oxygen atoms in total. The summed E-state index contributed by atoms with van der Waals surface area (Å²) in [5, 5.41) is 3.54. The number of benzene rings is 1. The van der Waals surface area contributed by atoms with Gasteiger partial charge in [0.2, 0.25) is 0 Å². The Morgan fingerprint density at radius 2 is 1.52 bits per heavy atom. The smallest absolute Gasteiger partial charge is 0.310 e. The zero-order valence-corrected chi connectivity index (χ0v) is 12.9. The highest BCUT2D eigenvalue weighted by molar-refractivity contribution is 8.00. The second-order valence-electron chi connectivity index (χ2n) is 5.61. The first-order valence-corrected chi connectivity index (χ1v) is 8.43. The SMILES string of the molecule is FC(F)(F)Sc1ccc(CNC2CCCCCCC2)cc1. The predicted molar refractivity (Wildman–Crippen MR) is 81.3 cm³/mol. The molecule has 0 aromatic heterocycles. The molecule has 0 spiro atoms. The third-order valence-corrected chi connectivity index (χ3v) is 4.60. The number of nitrogens with one attached hydrogen (secondary N) is 1. The van der Waals surface area contributed by atoms with Crippen LogP contribution in [0.5, 0.6) is 0 Å². The van der Waals surface area contributed by atoms with Crippen molar-refractivity contribution in [1.82, 2.24) is 5.32 Å². The Bertz CT molecular complexity index is 409. The maximum absolute atomic E-state index is 12.3. The number of rotatable bonds is 4. The lowest BCUT2D eigenvalue weighted by Crippen LogP contribution is -2.29. The van der Waals surface area contributed by atoms with Crippen LogP contribution in [0, 0.1) is 0 Å². The topological polar surface area (TPSA) is 12.0 Å². The Morgan fingerprint density at radius 3 is 2.10 bits per heavy atom. The molecule has 1 aromatic rings. The van der Waals surface area contributed by atoms with Crippen molar-refractivity contribution in [3.8, 4) is 0 Å². The Kier molecular flexibility index (Phi) is 6.42. The van der Waals surface area contributed by atoms with Gasteiger partial charge < -0.3 is 5.32 Å². The molecule has 21 heavy (non-hydrogen) atoms. The van der Waals surface area contributed by atoms with E-state index in [9.17, 15) is 13.2 Å². The first kappa shape index (κ1) is 16.7. The first-order valence-electron chi connectivity index (χ1n) is 7.61. The summed E-state index contributed by atoms with van der Waals surface area (Å²) in [5.41, 5.74) is -3.16. The lowest BCUT2D eigenvalue weighted by molar-refractivity contribution is -0.0328. The molecule has 118 valence electrons. The van der Waals surface area contributed by atoms with E-state index in [0.29, 0.717) is 6.04 Å². The zero-order valence-electron chi connectivity index (χ0n) is 12.1. The van der Waals surface area contributed by atoms with Crippen LogP contribution in [-0.2, 0) is 6.54 Å². The molecule has 0 bridgehead atoms. The lowest BCUT2D eigenvalue weighted by Gasteiger charge is -2.21. The highest BCUT2D eigenvalue weighted by atomic mass is 32.2. The second-order valence-corrected chi connectivity index (χ2v) is 6.75. The van der Waals surface area contributed by atoms with E-state index in [2.05, 4.69) is 5.32 Å². The average molecular weight is 317 g/mol. The van der Waals surface area contributed by atoms with E-state index in [1.165, 1.54) is 44.9 Å². The number of alkyl halides is 3. The summed E-state index contributed by atoms with van der Waals surface area (Å²) >= 11 is -0.0597. The van der Waals surface area contributed by atoms with E-state index in [1.54, 1.807) is 24.3 Å². The highest BCUT2D eigenvalue weighted by Crippen LogP contribution is 2.36. The van der Waals surface area contributed by atoms with Crippen LogP contribution in [0.2, 0.25) is 0 Å². The Balaban J connectivity index is 1.79. The molecule has 0 unspecified atom stereocenters.